The van der Waals surface area contributed by atoms with E-state index < -0.39 is 11.4 Å². The van der Waals surface area contributed by atoms with Gasteiger partial charge in [-0.25, -0.2) is 26.2 Å². The Hall–Kier alpha value is -2.79. The summed E-state index contributed by atoms with van der Waals surface area (Å²) < 4.78 is 15.0. The van der Waals surface area contributed by atoms with Crippen molar-refractivity contribution < 1.29 is 25.5 Å². The van der Waals surface area contributed by atoms with Gasteiger partial charge in [-0.05, 0) is 43.3 Å². The van der Waals surface area contributed by atoms with Crippen molar-refractivity contribution in [1.29, 1.82) is 0 Å². The number of nitrogens with zero attached hydrogens (tertiary/aromatic N) is 6. The van der Waals surface area contributed by atoms with Gasteiger partial charge in [0.1, 0.15) is 5.95 Å². The summed E-state index contributed by atoms with van der Waals surface area (Å²) >= 11 is 0. The molecule has 0 saturated carbocycles. The molecule has 0 unspecified atom stereocenters. The zero-order valence-corrected chi connectivity index (χ0v) is 20.8. The SMILES string of the molecule is CC(C)(C)c1cc(-c2nccc(C(C)(C)c3ccn(-c4[c-]ccc(F)n4)n3)n2)[c-]cn1.[Pt+2]. The van der Waals surface area contributed by atoms with Gasteiger partial charge in [0, 0.05) is 29.3 Å². The zero-order chi connectivity index (χ0) is 22.2. The maximum absolute atomic E-state index is 13.5. The number of rotatable bonds is 4. The van der Waals surface area contributed by atoms with Gasteiger partial charge in [0.15, 0.2) is 0 Å². The molecule has 0 bridgehead atoms. The van der Waals surface area contributed by atoms with Gasteiger partial charge in [0.05, 0.1) is 11.5 Å². The minimum Gasteiger partial charge on any atom is -0.301 e. The van der Waals surface area contributed by atoms with Gasteiger partial charge in [0.25, 0.3) is 0 Å². The van der Waals surface area contributed by atoms with Crippen molar-refractivity contribution in [3.05, 3.63) is 84.1 Å². The molecular weight excluding hydrogens is 586 g/mol. The molecule has 0 saturated heterocycles. The van der Waals surface area contributed by atoms with Gasteiger partial charge >= 0.3 is 21.1 Å². The maximum Gasteiger partial charge on any atom is 2.00 e. The fourth-order valence-corrected chi connectivity index (χ4v) is 3.14. The molecule has 0 aliphatic rings. The molecule has 4 heterocycles. The summed E-state index contributed by atoms with van der Waals surface area (Å²) in [5.41, 5.74) is 2.71. The van der Waals surface area contributed by atoms with E-state index in [2.05, 4.69) is 53.0 Å². The van der Waals surface area contributed by atoms with Crippen LogP contribution in [0.15, 0.2) is 48.9 Å². The van der Waals surface area contributed by atoms with Crippen LogP contribution in [0.3, 0.4) is 0 Å². The Kier molecular flexibility index (Phi) is 6.70. The molecule has 0 aliphatic heterocycles. The fraction of sp³-hybridized carbons (Fsp3) is 0.292. The largest absolute Gasteiger partial charge is 2.00 e. The van der Waals surface area contributed by atoms with Crippen LogP contribution >= 0.6 is 0 Å². The summed E-state index contributed by atoms with van der Waals surface area (Å²) in [4.78, 5) is 17.5. The second kappa shape index (κ2) is 8.99. The van der Waals surface area contributed by atoms with Crippen molar-refractivity contribution in [3.8, 4) is 17.2 Å². The van der Waals surface area contributed by atoms with Gasteiger partial charge in [-0.2, -0.15) is 17.2 Å². The van der Waals surface area contributed by atoms with E-state index in [1.54, 1.807) is 18.6 Å². The third kappa shape index (κ3) is 4.83. The Morgan fingerprint density at radius 2 is 1.69 bits per heavy atom. The van der Waals surface area contributed by atoms with Gasteiger partial charge in [-0.15, -0.1) is 11.6 Å². The van der Waals surface area contributed by atoms with Crippen molar-refractivity contribution in [1.82, 2.24) is 29.7 Å². The fourth-order valence-electron chi connectivity index (χ4n) is 3.14. The van der Waals surface area contributed by atoms with Crippen LogP contribution in [0.5, 0.6) is 0 Å². The van der Waals surface area contributed by atoms with E-state index in [0.717, 1.165) is 22.6 Å². The van der Waals surface area contributed by atoms with Crippen LogP contribution in [0.4, 0.5) is 4.39 Å². The van der Waals surface area contributed by atoms with Crippen LogP contribution in [-0.2, 0) is 31.9 Å². The Morgan fingerprint density at radius 1 is 0.906 bits per heavy atom. The van der Waals surface area contributed by atoms with Crippen molar-refractivity contribution in [3.63, 3.8) is 0 Å². The topological polar surface area (TPSA) is 69.4 Å². The standard InChI is InChI=1S/C24H23FN6.Pt/c1-23(2,3)19-15-16(9-12-26-19)22-27-13-10-17(28-22)24(4,5)18-11-14-31(30-18)21-8-6-7-20(25)29-21;/h6-7,10-15H,1-5H3;/q-2;+2. The summed E-state index contributed by atoms with van der Waals surface area (Å²) in [6, 6.07) is 14.5. The van der Waals surface area contributed by atoms with E-state index in [0.29, 0.717) is 11.6 Å². The number of halogens is 1. The predicted molar refractivity (Wildman–Crippen MR) is 115 cm³/mol. The quantitative estimate of drug-likeness (QED) is 0.252. The van der Waals surface area contributed by atoms with Crippen LogP contribution in [-0.4, -0.2) is 29.7 Å². The Balaban J connectivity index is 0.00000289. The predicted octanol–water partition coefficient (Wildman–Crippen LogP) is 4.48. The van der Waals surface area contributed by atoms with E-state index in [1.165, 1.54) is 16.8 Å². The summed E-state index contributed by atoms with van der Waals surface area (Å²) in [6.45, 7) is 10.4. The summed E-state index contributed by atoms with van der Waals surface area (Å²) in [5.74, 6) is 0.304. The van der Waals surface area contributed by atoms with Crippen LogP contribution in [0, 0.1) is 18.1 Å². The molecule has 8 heteroatoms. The van der Waals surface area contributed by atoms with E-state index in [9.17, 15) is 4.39 Å². The van der Waals surface area contributed by atoms with Gasteiger partial charge in [0.2, 0.25) is 0 Å². The molecular formula is C24H23FN6Pt. The van der Waals surface area contributed by atoms with Gasteiger partial charge < -0.3 is 4.98 Å². The van der Waals surface area contributed by atoms with E-state index in [1.807, 2.05) is 32.0 Å². The average molecular weight is 610 g/mol. The molecule has 4 aromatic rings. The monoisotopic (exact) mass is 609 g/mol. The maximum atomic E-state index is 13.5. The molecule has 0 aromatic carbocycles. The molecule has 4 aromatic heterocycles. The molecule has 32 heavy (non-hydrogen) atoms. The molecule has 4 rings (SSSR count). The van der Waals surface area contributed by atoms with Gasteiger partial charge in [-0.1, -0.05) is 20.8 Å². The molecule has 0 atom stereocenters. The third-order valence-electron chi connectivity index (χ3n) is 5.10. The first-order chi connectivity index (χ1) is 14.6. The summed E-state index contributed by atoms with van der Waals surface area (Å²) in [6.07, 6.45) is 5.15. The van der Waals surface area contributed by atoms with Gasteiger partial charge in [-0.3, -0.25) is 9.97 Å². The molecule has 0 N–H and O–H groups in total. The third-order valence-corrected chi connectivity index (χ3v) is 5.10. The second-order valence-corrected chi connectivity index (χ2v) is 8.87. The van der Waals surface area contributed by atoms with Crippen molar-refractivity contribution in [2.45, 2.75) is 45.4 Å². The number of pyridine rings is 2. The van der Waals surface area contributed by atoms with Crippen molar-refractivity contribution in [2.24, 2.45) is 0 Å². The van der Waals surface area contributed by atoms with Crippen LogP contribution < -0.4 is 0 Å². The van der Waals surface area contributed by atoms with E-state index in [-0.39, 0.29) is 26.5 Å². The first kappa shape index (κ1) is 23.9. The zero-order valence-electron chi connectivity index (χ0n) is 18.5. The number of aromatic nitrogens is 6. The summed E-state index contributed by atoms with van der Waals surface area (Å²) in [5, 5.41) is 4.60. The minimum atomic E-state index is -0.575. The smallest absolute Gasteiger partial charge is 0.301 e. The first-order valence-electron chi connectivity index (χ1n) is 9.97. The minimum absolute atomic E-state index is 0. The molecule has 166 valence electrons. The van der Waals surface area contributed by atoms with Crippen LogP contribution in [0.1, 0.15) is 51.7 Å². The molecule has 0 fully saturated rings. The Bertz CT molecular complexity index is 1230. The molecule has 6 nitrogen and oxygen atoms in total. The van der Waals surface area contributed by atoms with Crippen LogP contribution in [0.25, 0.3) is 17.2 Å². The summed E-state index contributed by atoms with van der Waals surface area (Å²) in [7, 11) is 0. The van der Waals surface area contributed by atoms with Crippen molar-refractivity contribution >= 4 is 0 Å². The molecule has 0 radical (unpaired) electrons. The Labute approximate surface area is 201 Å². The molecule has 0 spiro atoms. The average Bonchev–Trinajstić information content (AvgIpc) is 3.25. The molecule has 0 aliphatic carbocycles. The Morgan fingerprint density at radius 3 is 2.41 bits per heavy atom. The van der Waals surface area contributed by atoms with Crippen LogP contribution in [0.2, 0.25) is 0 Å². The number of hydrogen-bond donors (Lipinski definition) is 0. The van der Waals surface area contributed by atoms with E-state index >= 15 is 0 Å². The van der Waals surface area contributed by atoms with Crippen molar-refractivity contribution in [2.75, 3.05) is 0 Å². The molecule has 0 amide bonds. The first-order valence-corrected chi connectivity index (χ1v) is 9.97. The second-order valence-electron chi connectivity index (χ2n) is 8.87. The van der Waals surface area contributed by atoms with E-state index in [4.69, 9.17) is 4.98 Å². The normalized spacial score (nSPS) is 11.8. The number of hydrogen-bond acceptors (Lipinski definition) is 5.